The SMILES string of the molecule is CCC1C[C@@H](Cl)CCc2cc(OC)c(OC)cc2N1. The fourth-order valence-corrected chi connectivity index (χ4v) is 2.87. The van der Waals surface area contributed by atoms with Crippen molar-refractivity contribution < 1.29 is 9.47 Å². The molecule has 19 heavy (non-hydrogen) atoms. The van der Waals surface area contributed by atoms with Crippen LogP contribution >= 0.6 is 11.6 Å². The Morgan fingerprint density at radius 1 is 1.26 bits per heavy atom. The molecule has 2 rings (SSSR count). The first-order chi connectivity index (χ1) is 9.17. The molecule has 0 saturated heterocycles. The topological polar surface area (TPSA) is 30.5 Å². The smallest absolute Gasteiger partial charge is 0.162 e. The molecule has 3 nitrogen and oxygen atoms in total. The summed E-state index contributed by atoms with van der Waals surface area (Å²) in [4.78, 5) is 0. The van der Waals surface area contributed by atoms with Gasteiger partial charge in [-0.15, -0.1) is 11.6 Å². The maximum atomic E-state index is 6.37. The summed E-state index contributed by atoms with van der Waals surface area (Å²) >= 11 is 6.37. The predicted molar refractivity (Wildman–Crippen MR) is 79.8 cm³/mol. The van der Waals surface area contributed by atoms with Crippen molar-refractivity contribution in [1.29, 1.82) is 0 Å². The van der Waals surface area contributed by atoms with Crippen molar-refractivity contribution in [2.24, 2.45) is 0 Å². The van der Waals surface area contributed by atoms with E-state index in [2.05, 4.69) is 18.3 Å². The molecule has 1 aromatic carbocycles. The van der Waals surface area contributed by atoms with Crippen LogP contribution in [-0.4, -0.2) is 25.6 Å². The first-order valence-electron chi connectivity index (χ1n) is 6.83. The zero-order valence-corrected chi connectivity index (χ0v) is 12.6. The molecule has 1 N–H and O–H groups in total. The summed E-state index contributed by atoms with van der Waals surface area (Å²) in [6.07, 6.45) is 4.04. The maximum Gasteiger partial charge on any atom is 0.162 e. The Hall–Kier alpha value is -1.09. The van der Waals surface area contributed by atoms with Gasteiger partial charge in [0.15, 0.2) is 11.5 Å². The van der Waals surface area contributed by atoms with Gasteiger partial charge in [-0.1, -0.05) is 6.92 Å². The molecule has 106 valence electrons. The zero-order valence-electron chi connectivity index (χ0n) is 11.8. The van der Waals surface area contributed by atoms with Crippen LogP contribution in [0, 0.1) is 0 Å². The molecule has 2 atom stereocenters. The van der Waals surface area contributed by atoms with E-state index in [1.54, 1.807) is 14.2 Å². The average Bonchev–Trinajstić information content (AvgIpc) is 2.42. The second kappa shape index (κ2) is 6.38. The highest BCUT2D eigenvalue weighted by Gasteiger charge is 2.20. The molecule has 1 aliphatic heterocycles. The van der Waals surface area contributed by atoms with Crippen molar-refractivity contribution in [2.75, 3.05) is 19.5 Å². The van der Waals surface area contributed by atoms with Crippen molar-refractivity contribution >= 4 is 17.3 Å². The molecule has 1 aromatic rings. The van der Waals surface area contributed by atoms with Crippen molar-refractivity contribution in [2.45, 2.75) is 44.0 Å². The number of benzene rings is 1. The van der Waals surface area contributed by atoms with E-state index in [1.165, 1.54) is 5.56 Å². The molecule has 0 aliphatic carbocycles. The van der Waals surface area contributed by atoms with E-state index >= 15 is 0 Å². The van der Waals surface area contributed by atoms with Gasteiger partial charge in [-0.3, -0.25) is 0 Å². The Labute approximate surface area is 120 Å². The summed E-state index contributed by atoms with van der Waals surface area (Å²) in [5.74, 6) is 1.55. The zero-order chi connectivity index (χ0) is 13.8. The number of alkyl halides is 1. The Kier molecular flexibility index (Phi) is 4.81. The highest BCUT2D eigenvalue weighted by Crippen LogP contribution is 2.36. The van der Waals surface area contributed by atoms with Gasteiger partial charge in [0, 0.05) is 23.2 Å². The minimum absolute atomic E-state index is 0.235. The lowest BCUT2D eigenvalue weighted by Crippen LogP contribution is -2.25. The van der Waals surface area contributed by atoms with E-state index in [9.17, 15) is 0 Å². The third-order valence-corrected chi connectivity index (χ3v) is 4.13. The molecule has 0 fully saturated rings. The number of ether oxygens (including phenoxy) is 2. The molecule has 1 heterocycles. The maximum absolute atomic E-state index is 6.37. The molecule has 0 amide bonds. The Morgan fingerprint density at radius 2 is 1.95 bits per heavy atom. The largest absolute Gasteiger partial charge is 0.493 e. The molecular weight excluding hydrogens is 262 g/mol. The predicted octanol–water partition coefficient (Wildman–Crippen LogP) is 3.84. The number of halogens is 1. The number of aryl methyl sites for hydroxylation is 1. The monoisotopic (exact) mass is 283 g/mol. The number of rotatable bonds is 3. The Morgan fingerprint density at radius 3 is 2.58 bits per heavy atom. The minimum atomic E-state index is 0.235. The Bertz CT molecular complexity index is 436. The third kappa shape index (κ3) is 3.27. The van der Waals surface area contributed by atoms with Gasteiger partial charge < -0.3 is 14.8 Å². The molecule has 0 radical (unpaired) electrons. The minimum Gasteiger partial charge on any atom is -0.493 e. The van der Waals surface area contributed by atoms with Gasteiger partial charge in [0.2, 0.25) is 0 Å². The second-order valence-corrected chi connectivity index (χ2v) is 5.60. The lowest BCUT2D eigenvalue weighted by atomic mass is 9.97. The summed E-state index contributed by atoms with van der Waals surface area (Å²) in [5.41, 5.74) is 2.40. The number of hydrogen-bond acceptors (Lipinski definition) is 3. The number of methoxy groups -OCH3 is 2. The van der Waals surface area contributed by atoms with Crippen molar-refractivity contribution in [3.05, 3.63) is 17.7 Å². The van der Waals surface area contributed by atoms with Crippen molar-refractivity contribution in [3.63, 3.8) is 0 Å². The fourth-order valence-electron chi connectivity index (χ4n) is 2.55. The van der Waals surface area contributed by atoms with Crippen LogP contribution in [0.3, 0.4) is 0 Å². The molecule has 0 spiro atoms. The first kappa shape index (κ1) is 14.3. The van der Waals surface area contributed by atoms with Gasteiger partial charge in [-0.2, -0.15) is 0 Å². The fraction of sp³-hybridized carbons (Fsp3) is 0.600. The second-order valence-electron chi connectivity index (χ2n) is 4.99. The van der Waals surface area contributed by atoms with Gasteiger partial charge in [0.25, 0.3) is 0 Å². The van der Waals surface area contributed by atoms with Crippen molar-refractivity contribution in [1.82, 2.24) is 0 Å². The van der Waals surface area contributed by atoms with E-state index in [4.69, 9.17) is 21.1 Å². The van der Waals surface area contributed by atoms with Crippen LogP contribution in [0.1, 0.15) is 31.7 Å². The van der Waals surface area contributed by atoms with E-state index in [-0.39, 0.29) is 5.38 Å². The third-order valence-electron chi connectivity index (χ3n) is 3.73. The Balaban J connectivity index is 2.37. The van der Waals surface area contributed by atoms with Gasteiger partial charge in [0.05, 0.1) is 14.2 Å². The first-order valence-corrected chi connectivity index (χ1v) is 7.27. The van der Waals surface area contributed by atoms with Gasteiger partial charge in [0.1, 0.15) is 0 Å². The molecule has 1 aliphatic rings. The standard InChI is InChI=1S/C15H22ClNO2/c1-4-12-8-11(16)6-5-10-7-14(18-2)15(19-3)9-13(10)17-12/h7,9,11-12,17H,4-6,8H2,1-3H3/t11-,12?/m0/s1. The van der Waals surface area contributed by atoms with Crippen LogP contribution < -0.4 is 14.8 Å². The highest BCUT2D eigenvalue weighted by molar-refractivity contribution is 6.20. The lowest BCUT2D eigenvalue weighted by Gasteiger charge is -2.27. The lowest BCUT2D eigenvalue weighted by molar-refractivity contribution is 0.354. The highest BCUT2D eigenvalue weighted by atomic mass is 35.5. The van der Waals surface area contributed by atoms with E-state index in [1.807, 2.05) is 6.07 Å². The molecule has 4 heteroatoms. The molecule has 0 aromatic heterocycles. The van der Waals surface area contributed by atoms with E-state index < -0.39 is 0 Å². The summed E-state index contributed by atoms with van der Waals surface area (Å²) in [7, 11) is 3.33. The average molecular weight is 284 g/mol. The van der Waals surface area contributed by atoms with Crippen LogP contribution in [0.4, 0.5) is 5.69 Å². The summed E-state index contributed by atoms with van der Waals surface area (Å²) in [6.45, 7) is 2.18. The number of fused-ring (bicyclic) bond motifs is 1. The summed E-state index contributed by atoms with van der Waals surface area (Å²) in [6, 6.07) is 4.51. The molecule has 1 unspecified atom stereocenters. The molecular formula is C15H22ClNO2. The van der Waals surface area contributed by atoms with Gasteiger partial charge in [-0.05, 0) is 37.3 Å². The van der Waals surface area contributed by atoms with E-state index in [0.29, 0.717) is 6.04 Å². The molecule has 0 saturated carbocycles. The van der Waals surface area contributed by atoms with Crippen LogP contribution in [0.25, 0.3) is 0 Å². The quantitative estimate of drug-likeness (QED) is 0.855. The molecule has 0 bridgehead atoms. The van der Waals surface area contributed by atoms with Crippen LogP contribution in [0.5, 0.6) is 11.5 Å². The number of hydrogen-bond donors (Lipinski definition) is 1. The van der Waals surface area contributed by atoms with E-state index in [0.717, 1.165) is 42.9 Å². The van der Waals surface area contributed by atoms with Crippen LogP contribution in [0.15, 0.2) is 12.1 Å². The van der Waals surface area contributed by atoms with Crippen LogP contribution in [0.2, 0.25) is 0 Å². The van der Waals surface area contributed by atoms with Gasteiger partial charge >= 0.3 is 0 Å². The summed E-state index contributed by atoms with van der Waals surface area (Å²) < 4.78 is 10.7. The number of anilines is 1. The van der Waals surface area contributed by atoms with Crippen molar-refractivity contribution in [3.8, 4) is 11.5 Å². The van der Waals surface area contributed by atoms with Gasteiger partial charge in [-0.25, -0.2) is 0 Å². The number of nitrogens with one attached hydrogen (secondary N) is 1. The normalized spacial score (nSPS) is 22.7. The summed E-state index contributed by atoms with van der Waals surface area (Å²) in [5, 5.41) is 3.82. The van der Waals surface area contributed by atoms with Crippen LogP contribution in [-0.2, 0) is 6.42 Å².